The topological polar surface area (TPSA) is 58.6 Å². The Morgan fingerprint density at radius 2 is 1.76 bits per heavy atom. The zero-order chi connectivity index (χ0) is 21.4. The van der Waals surface area contributed by atoms with Gasteiger partial charge in [0.1, 0.15) is 11.8 Å². The molecule has 2 rings (SSSR count). The molecule has 0 bridgehead atoms. The first kappa shape index (κ1) is 22.8. The van der Waals surface area contributed by atoms with Gasteiger partial charge >= 0.3 is 0 Å². The van der Waals surface area contributed by atoms with Crippen LogP contribution in [0.3, 0.4) is 0 Å². The Morgan fingerprint density at radius 3 is 2.38 bits per heavy atom. The van der Waals surface area contributed by atoms with Crippen LogP contribution >= 0.6 is 11.6 Å². The molecule has 0 aliphatic carbocycles. The van der Waals surface area contributed by atoms with E-state index < -0.39 is 6.04 Å². The van der Waals surface area contributed by atoms with E-state index >= 15 is 0 Å². The first-order chi connectivity index (χ1) is 13.8. The number of rotatable bonds is 9. The summed E-state index contributed by atoms with van der Waals surface area (Å²) in [6, 6.07) is 14.3. The molecule has 0 aliphatic rings. The van der Waals surface area contributed by atoms with E-state index in [4.69, 9.17) is 16.3 Å². The third-order valence-corrected chi connectivity index (χ3v) is 5.14. The molecule has 0 fully saturated rings. The van der Waals surface area contributed by atoms with Crippen LogP contribution in [-0.4, -0.2) is 35.4 Å². The van der Waals surface area contributed by atoms with Gasteiger partial charge in [-0.25, -0.2) is 0 Å². The highest BCUT2D eigenvalue weighted by atomic mass is 35.5. The number of carbonyl (C=O) groups is 2. The summed E-state index contributed by atoms with van der Waals surface area (Å²) in [6.07, 6.45) is 0.819. The molecule has 6 heteroatoms. The number of hydrogen-bond donors (Lipinski definition) is 1. The number of nitrogens with zero attached hydrogens (tertiary/aromatic N) is 1. The van der Waals surface area contributed by atoms with Crippen molar-refractivity contribution in [2.75, 3.05) is 6.61 Å². The first-order valence-electron chi connectivity index (χ1n) is 9.84. The van der Waals surface area contributed by atoms with Gasteiger partial charge < -0.3 is 15.0 Å². The maximum atomic E-state index is 13.0. The Labute approximate surface area is 178 Å². The van der Waals surface area contributed by atoms with Gasteiger partial charge in [0, 0.05) is 12.6 Å². The first-order valence-corrected chi connectivity index (χ1v) is 10.2. The van der Waals surface area contributed by atoms with Gasteiger partial charge in [0.15, 0.2) is 6.61 Å². The van der Waals surface area contributed by atoms with E-state index in [1.54, 1.807) is 36.1 Å². The molecule has 0 spiro atoms. The van der Waals surface area contributed by atoms with Crippen molar-refractivity contribution in [3.8, 4) is 5.75 Å². The third-order valence-electron chi connectivity index (χ3n) is 4.83. The summed E-state index contributed by atoms with van der Waals surface area (Å²) in [5, 5.41) is 3.39. The van der Waals surface area contributed by atoms with Crippen LogP contribution in [-0.2, 0) is 16.1 Å². The molecule has 29 heavy (non-hydrogen) atoms. The fraction of sp³-hybridized carbons (Fsp3) is 0.391. The number of nitrogens with one attached hydrogen (secondary N) is 1. The number of hydrogen-bond acceptors (Lipinski definition) is 3. The number of carbonyl (C=O) groups excluding carboxylic acids is 2. The predicted octanol–water partition coefficient (Wildman–Crippen LogP) is 4.36. The molecule has 1 N–H and O–H groups in total. The standard InChI is InChI=1S/C23H29ClN2O3/c1-5-17(3)25-23(28)18(4)26(14-19-12-10-16(2)11-13-19)22(27)15-29-21-9-7-6-8-20(21)24/h6-13,17-18H,5,14-15H2,1-4H3,(H,25,28)/t17-,18+/m1/s1. The summed E-state index contributed by atoms with van der Waals surface area (Å²) in [4.78, 5) is 27.2. The minimum absolute atomic E-state index is 0.0423. The van der Waals surface area contributed by atoms with Gasteiger partial charge in [-0.2, -0.15) is 0 Å². The summed E-state index contributed by atoms with van der Waals surface area (Å²) < 4.78 is 5.61. The highest BCUT2D eigenvalue weighted by Crippen LogP contribution is 2.23. The van der Waals surface area contributed by atoms with E-state index in [0.717, 1.165) is 17.5 Å². The minimum Gasteiger partial charge on any atom is -0.482 e. The zero-order valence-electron chi connectivity index (χ0n) is 17.4. The van der Waals surface area contributed by atoms with Crippen LogP contribution in [0.2, 0.25) is 5.02 Å². The number of halogens is 1. The minimum atomic E-state index is -0.632. The summed E-state index contributed by atoms with van der Waals surface area (Å²) in [6.45, 7) is 7.81. The second kappa shape index (κ2) is 10.9. The molecule has 2 atom stereocenters. The predicted molar refractivity (Wildman–Crippen MR) is 116 cm³/mol. The van der Waals surface area contributed by atoms with E-state index in [9.17, 15) is 9.59 Å². The SMILES string of the molecule is CC[C@@H](C)NC(=O)[C@H](C)N(Cc1ccc(C)cc1)C(=O)COc1ccccc1Cl. The normalized spacial score (nSPS) is 12.7. The van der Waals surface area contributed by atoms with Crippen molar-refractivity contribution in [2.45, 2.75) is 52.7 Å². The fourth-order valence-corrected chi connectivity index (χ4v) is 2.91. The third kappa shape index (κ3) is 6.79. The average molecular weight is 417 g/mol. The van der Waals surface area contributed by atoms with Gasteiger partial charge in [0.05, 0.1) is 5.02 Å². The quantitative estimate of drug-likeness (QED) is 0.660. The van der Waals surface area contributed by atoms with Crippen molar-refractivity contribution in [1.82, 2.24) is 10.2 Å². The van der Waals surface area contributed by atoms with Gasteiger partial charge in [0.2, 0.25) is 5.91 Å². The van der Waals surface area contributed by atoms with Crippen molar-refractivity contribution in [3.63, 3.8) is 0 Å². The van der Waals surface area contributed by atoms with Crippen LogP contribution in [0.4, 0.5) is 0 Å². The highest BCUT2D eigenvalue weighted by Gasteiger charge is 2.27. The van der Waals surface area contributed by atoms with Crippen LogP contribution in [0.5, 0.6) is 5.75 Å². The van der Waals surface area contributed by atoms with E-state index in [1.807, 2.05) is 45.0 Å². The lowest BCUT2D eigenvalue weighted by Gasteiger charge is -2.29. The van der Waals surface area contributed by atoms with Gasteiger partial charge in [-0.05, 0) is 44.9 Å². The lowest BCUT2D eigenvalue weighted by Crippen LogP contribution is -2.50. The molecular weight excluding hydrogens is 388 g/mol. The van der Waals surface area contributed by atoms with Gasteiger partial charge in [-0.3, -0.25) is 9.59 Å². The second-order valence-electron chi connectivity index (χ2n) is 7.22. The average Bonchev–Trinajstić information content (AvgIpc) is 2.71. The van der Waals surface area contributed by atoms with Gasteiger partial charge in [-0.1, -0.05) is 60.5 Å². The van der Waals surface area contributed by atoms with Crippen LogP contribution in [0.25, 0.3) is 0 Å². The second-order valence-corrected chi connectivity index (χ2v) is 7.63. The monoisotopic (exact) mass is 416 g/mol. The maximum absolute atomic E-state index is 13.0. The van der Waals surface area contributed by atoms with E-state index in [-0.39, 0.29) is 24.5 Å². The Hall–Kier alpha value is -2.53. The van der Waals surface area contributed by atoms with E-state index in [0.29, 0.717) is 17.3 Å². The van der Waals surface area contributed by atoms with Crippen molar-refractivity contribution in [3.05, 3.63) is 64.7 Å². The largest absolute Gasteiger partial charge is 0.482 e. The van der Waals surface area contributed by atoms with Crippen molar-refractivity contribution >= 4 is 23.4 Å². The lowest BCUT2D eigenvalue weighted by atomic mass is 10.1. The Bertz CT molecular complexity index is 823. The van der Waals surface area contributed by atoms with Crippen LogP contribution < -0.4 is 10.1 Å². The molecule has 5 nitrogen and oxygen atoms in total. The van der Waals surface area contributed by atoms with Gasteiger partial charge in [-0.15, -0.1) is 0 Å². The molecule has 156 valence electrons. The van der Waals surface area contributed by atoms with E-state index in [1.165, 1.54) is 0 Å². The molecule has 0 aliphatic heterocycles. The van der Waals surface area contributed by atoms with E-state index in [2.05, 4.69) is 5.32 Å². The summed E-state index contributed by atoms with van der Waals surface area (Å²) in [7, 11) is 0. The van der Waals surface area contributed by atoms with Crippen LogP contribution in [0.1, 0.15) is 38.3 Å². The molecule has 2 aromatic carbocycles. The van der Waals surface area contributed by atoms with Crippen molar-refractivity contribution in [2.24, 2.45) is 0 Å². The van der Waals surface area contributed by atoms with Crippen molar-refractivity contribution in [1.29, 1.82) is 0 Å². The number of para-hydroxylation sites is 1. The Morgan fingerprint density at radius 1 is 1.10 bits per heavy atom. The highest BCUT2D eigenvalue weighted by molar-refractivity contribution is 6.32. The van der Waals surface area contributed by atoms with Gasteiger partial charge in [0.25, 0.3) is 5.91 Å². The summed E-state index contributed by atoms with van der Waals surface area (Å²) in [5.41, 5.74) is 2.08. The van der Waals surface area contributed by atoms with Crippen molar-refractivity contribution < 1.29 is 14.3 Å². The Kier molecular flexibility index (Phi) is 8.52. The molecule has 2 amide bonds. The molecular formula is C23H29ClN2O3. The Balaban J connectivity index is 2.15. The number of ether oxygens (including phenoxy) is 1. The smallest absolute Gasteiger partial charge is 0.261 e. The summed E-state index contributed by atoms with van der Waals surface area (Å²) in [5.74, 6) is -0.0237. The molecule has 0 saturated carbocycles. The van der Waals surface area contributed by atoms with Crippen LogP contribution in [0, 0.1) is 6.92 Å². The number of amides is 2. The molecule has 0 heterocycles. The molecule has 0 radical (unpaired) electrons. The molecule has 2 aromatic rings. The fourth-order valence-electron chi connectivity index (χ4n) is 2.72. The molecule has 0 aromatic heterocycles. The molecule has 0 unspecified atom stereocenters. The van der Waals surface area contributed by atoms with Crippen LogP contribution in [0.15, 0.2) is 48.5 Å². The maximum Gasteiger partial charge on any atom is 0.261 e. The zero-order valence-corrected chi connectivity index (χ0v) is 18.2. The summed E-state index contributed by atoms with van der Waals surface area (Å²) >= 11 is 6.10. The lowest BCUT2D eigenvalue weighted by molar-refractivity contribution is -0.142. The number of benzene rings is 2. The number of aryl methyl sites for hydroxylation is 1. The molecule has 0 saturated heterocycles.